The number of thiophene rings is 2. The highest BCUT2D eigenvalue weighted by molar-refractivity contribution is 7.20. The molecule has 1 amide bonds. The van der Waals surface area contributed by atoms with Crippen LogP contribution in [0.1, 0.15) is 32.3 Å². The Kier molecular flexibility index (Phi) is 10.1. The number of para-hydroxylation sites is 2. The number of carbonyl (C=O) groups excluding carboxylic acids is 1. The summed E-state index contributed by atoms with van der Waals surface area (Å²) in [5.74, 6) is -2.64. The molecule has 21 heteroatoms. The maximum Gasteiger partial charge on any atom is 0.420 e. The molecule has 2 atom stereocenters. The SMILES string of the molecule is CN1CC(c2cn(-c3ccccc3)c3cc(-n4c(=O)c(N)nc5scc(C(F)(F)F)c54)ccc23)[C@@H](NC(=O)c2sc3nc(N)c(=O)n(-c4ccc5ccn(-c6ccccc6)c5c4)c3c2C(F)(F)F)C1. The fraction of sp³-hybridized carbons (Fsp3) is 0.146. The standard InChI is InChI=1S/C48H34F6N10O3S2/c1-60-20-31(30-21-62(26-10-6-3-7-11-26)35-19-28(14-15-29(30)35)63-37-32(47(49,50)51)23-68-43(37)58-40(55)45(63)66)33(22-60)57-42(65)39-36(48(52,53)54)38-44(69-39)59-41(56)46(67)64(38)27-13-12-24-16-17-61(34(24)18-27)25-8-4-2-5-9-25/h2-19,21,23,31,33H,20,22H2,1H3,(H2,55,58)(H2,56,59)(H,57,65)/t31?,33-/m0/s1. The van der Waals surface area contributed by atoms with Crippen molar-refractivity contribution in [3.8, 4) is 22.7 Å². The lowest BCUT2D eigenvalue weighted by Crippen LogP contribution is -2.40. The van der Waals surface area contributed by atoms with Gasteiger partial charge in [-0.25, -0.2) is 9.97 Å². The number of likely N-dealkylation sites (tertiary alicyclic amines) is 1. The van der Waals surface area contributed by atoms with Gasteiger partial charge in [0.25, 0.3) is 17.0 Å². The Morgan fingerprint density at radius 1 is 0.710 bits per heavy atom. The topological polar surface area (TPSA) is 164 Å². The summed E-state index contributed by atoms with van der Waals surface area (Å²) in [7, 11) is 1.80. The van der Waals surface area contributed by atoms with Gasteiger partial charge in [0.1, 0.15) is 20.1 Å². The molecule has 1 fully saturated rings. The third kappa shape index (κ3) is 7.22. The summed E-state index contributed by atoms with van der Waals surface area (Å²) in [4.78, 5) is 50.8. The van der Waals surface area contributed by atoms with Gasteiger partial charge in [-0.3, -0.25) is 23.5 Å². The van der Waals surface area contributed by atoms with Crippen LogP contribution in [0.4, 0.5) is 38.0 Å². The van der Waals surface area contributed by atoms with Gasteiger partial charge < -0.3 is 30.8 Å². The highest BCUT2D eigenvalue weighted by Crippen LogP contribution is 2.44. The Hall–Kier alpha value is -7.75. The van der Waals surface area contributed by atoms with Crippen LogP contribution in [0, 0.1) is 0 Å². The van der Waals surface area contributed by atoms with Crippen molar-refractivity contribution in [3.05, 3.63) is 163 Å². The third-order valence-electron chi connectivity index (χ3n) is 12.4. The van der Waals surface area contributed by atoms with Gasteiger partial charge in [-0.05, 0) is 67.2 Å². The van der Waals surface area contributed by atoms with E-state index >= 15 is 13.2 Å². The number of nitrogens with zero attached hydrogens (tertiary/aromatic N) is 7. The predicted molar refractivity (Wildman–Crippen MR) is 254 cm³/mol. The second-order valence-corrected chi connectivity index (χ2v) is 18.6. The van der Waals surface area contributed by atoms with Gasteiger partial charge in [0, 0.05) is 65.0 Å². The van der Waals surface area contributed by atoms with E-state index in [-0.39, 0.29) is 27.6 Å². The zero-order valence-corrected chi connectivity index (χ0v) is 37.3. The molecule has 1 aliphatic heterocycles. The van der Waals surface area contributed by atoms with Crippen LogP contribution in [0.3, 0.4) is 0 Å². The summed E-state index contributed by atoms with van der Waals surface area (Å²) < 4.78 is 95.0. The van der Waals surface area contributed by atoms with E-state index in [4.69, 9.17) is 11.5 Å². The van der Waals surface area contributed by atoms with E-state index in [2.05, 4.69) is 15.3 Å². The van der Waals surface area contributed by atoms with Crippen LogP contribution in [-0.2, 0) is 12.4 Å². The second kappa shape index (κ2) is 15.9. The number of rotatable bonds is 7. The Balaban J connectivity index is 1.02. The maximum atomic E-state index is 15.5. The number of nitrogens with two attached hydrogens (primary N) is 2. The van der Waals surface area contributed by atoms with Gasteiger partial charge in [0.05, 0.1) is 39.0 Å². The van der Waals surface area contributed by atoms with Crippen LogP contribution in [-0.4, -0.2) is 65.2 Å². The molecule has 11 rings (SSSR count). The number of nitrogens with one attached hydrogen (secondary N) is 1. The minimum Gasteiger partial charge on any atom is -0.379 e. The predicted octanol–water partition coefficient (Wildman–Crippen LogP) is 9.13. The molecule has 1 aliphatic rings. The number of alkyl halides is 6. The molecule has 0 radical (unpaired) electrons. The Morgan fingerprint density at radius 3 is 1.97 bits per heavy atom. The highest BCUT2D eigenvalue weighted by Gasteiger charge is 2.44. The van der Waals surface area contributed by atoms with Crippen LogP contribution in [0.15, 0.2) is 130 Å². The number of halogens is 6. The third-order valence-corrected chi connectivity index (χ3v) is 14.4. The lowest BCUT2D eigenvalue weighted by atomic mass is 9.93. The van der Waals surface area contributed by atoms with Crippen molar-refractivity contribution >= 4 is 82.7 Å². The van der Waals surface area contributed by atoms with Crippen molar-refractivity contribution in [1.82, 2.24) is 38.5 Å². The van der Waals surface area contributed by atoms with E-state index < -0.39 is 80.0 Å². The Morgan fingerprint density at radius 2 is 1.32 bits per heavy atom. The van der Waals surface area contributed by atoms with Crippen molar-refractivity contribution in [1.29, 1.82) is 0 Å². The largest absolute Gasteiger partial charge is 0.420 e. The van der Waals surface area contributed by atoms with Crippen molar-refractivity contribution in [3.63, 3.8) is 0 Å². The molecule has 0 bridgehead atoms. The molecule has 7 heterocycles. The average molecular weight is 977 g/mol. The monoisotopic (exact) mass is 976 g/mol. The molecular weight excluding hydrogens is 943 g/mol. The second-order valence-electron chi connectivity index (χ2n) is 16.7. The first kappa shape index (κ1) is 43.8. The fourth-order valence-corrected chi connectivity index (χ4v) is 11.5. The van der Waals surface area contributed by atoms with Gasteiger partial charge in [0.2, 0.25) is 0 Å². The van der Waals surface area contributed by atoms with Gasteiger partial charge in [-0.2, -0.15) is 26.3 Å². The minimum atomic E-state index is -5.14. The highest BCUT2D eigenvalue weighted by atomic mass is 32.1. The quantitative estimate of drug-likeness (QED) is 0.133. The Bertz CT molecular complexity index is 3840. The molecule has 1 saturated heterocycles. The molecule has 13 nitrogen and oxygen atoms in total. The molecule has 0 aliphatic carbocycles. The van der Waals surface area contributed by atoms with E-state index in [0.717, 1.165) is 25.6 Å². The molecule has 10 aromatic rings. The molecule has 1 unspecified atom stereocenters. The first-order valence-corrected chi connectivity index (χ1v) is 22.8. The van der Waals surface area contributed by atoms with Crippen LogP contribution < -0.4 is 27.9 Å². The number of amides is 1. The molecule has 69 heavy (non-hydrogen) atoms. The number of nitrogen functional groups attached to an aromatic ring is 2. The van der Waals surface area contributed by atoms with Gasteiger partial charge in [0.15, 0.2) is 11.6 Å². The van der Waals surface area contributed by atoms with Crippen LogP contribution in [0.2, 0.25) is 0 Å². The number of benzene rings is 4. The van der Waals surface area contributed by atoms with Crippen molar-refractivity contribution < 1.29 is 31.1 Å². The molecule has 4 aromatic carbocycles. The number of fused-ring (bicyclic) bond motifs is 4. The van der Waals surface area contributed by atoms with Gasteiger partial charge >= 0.3 is 12.4 Å². The van der Waals surface area contributed by atoms with Crippen LogP contribution in [0.5, 0.6) is 0 Å². The lowest BCUT2D eigenvalue weighted by Gasteiger charge is -2.20. The number of aromatic nitrogens is 6. The number of carbonyl (C=O) groups is 1. The van der Waals surface area contributed by atoms with E-state index in [1.165, 1.54) is 12.1 Å². The zero-order chi connectivity index (χ0) is 48.3. The van der Waals surface area contributed by atoms with Crippen molar-refractivity contribution in [2.45, 2.75) is 24.3 Å². The first-order chi connectivity index (χ1) is 33.0. The molecular formula is C48H34F6N10O3S2. The summed E-state index contributed by atoms with van der Waals surface area (Å²) in [6.07, 6.45) is -6.34. The van der Waals surface area contributed by atoms with Gasteiger partial charge in [-0.15, -0.1) is 22.7 Å². The molecule has 348 valence electrons. The van der Waals surface area contributed by atoms with E-state index in [1.807, 2.05) is 64.2 Å². The summed E-state index contributed by atoms with van der Waals surface area (Å²) in [5, 5.41) is 5.13. The number of hydrogen-bond donors (Lipinski definition) is 3. The van der Waals surface area contributed by atoms with Crippen LogP contribution in [0.25, 0.3) is 65.2 Å². The zero-order valence-electron chi connectivity index (χ0n) is 35.7. The lowest BCUT2D eigenvalue weighted by molar-refractivity contribution is -0.137. The van der Waals surface area contributed by atoms with Crippen molar-refractivity contribution in [2.75, 3.05) is 31.6 Å². The Labute approximate surface area is 392 Å². The molecule has 5 N–H and O–H groups in total. The maximum absolute atomic E-state index is 15.5. The summed E-state index contributed by atoms with van der Waals surface area (Å²) in [6, 6.07) is 28.8. The number of likely N-dealkylation sites (N-methyl/N-ethyl adjacent to an activating group) is 1. The minimum absolute atomic E-state index is 0.0750. The first-order valence-electron chi connectivity index (χ1n) is 21.1. The normalized spacial score (nSPS) is 15.9. The van der Waals surface area contributed by atoms with E-state index in [9.17, 15) is 27.6 Å². The fourth-order valence-electron chi connectivity index (χ4n) is 9.44. The summed E-state index contributed by atoms with van der Waals surface area (Å²) in [6.45, 7) is 0.562. The van der Waals surface area contributed by atoms with E-state index in [0.29, 0.717) is 56.9 Å². The number of hydrogen-bond acceptors (Lipinski definition) is 10. The summed E-state index contributed by atoms with van der Waals surface area (Å²) >= 11 is 1.17. The molecule has 6 aromatic heterocycles. The summed E-state index contributed by atoms with van der Waals surface area (Å²) in [5.41, 5.74) is 9.99. The van der Waals surface area contributed by atoms with Gasteiger partial charge in [-0.1, -0.05) is 48.5 Å². The van der Waals surface area contributed by atoms with E-state index in [1.54, 1.807) is 60.3 Å². The molecule has 0 spiro atoms. The number of anilines is 2. The molecule has 0 saturated carbocycles. The van der Waals surface area contributed by atoms with Crippen LogP contribution >= 0.6 is 22.7 Å². The van der Waals surface area contributed by atoms with Crippen molar-refractivity contribution in [2.24, 2.45) is 0 Å². The average Bonchev–Trinajstić information content (AvgIpc) is 4.16. The smallest absolute Gasteiger partial charge is 0.379 e.